The number of halogens is 3. The van der Waals surface area contributed by atoms with Crippen molar-refractivity contribution in [2.24, 2.45) is 0 Å². The van der Waals surface area contributed by atoms with E-state index in [2.05, 4.69) is 5.32 Å². The fourth-order valence-corrected chi connectivity index (χ4v) is 2.32. The minimum absolute atomic E-state index is 0.0946. The molecular formula is C14H12Cl3NO. The maximum Gasteiger partial charge on any atom is 0.0759 e. The molecule has 0 aliphatic rings. The molecular weight excluding hydrogens is 305 g/mol. The molecule has 100 valence electrons. The van der Waals surface area contributed by atoms with E-state index < -0.39 is 0 Å². The molecule has 0 aliphatic heterocycles. The van der Waals surface area contributed by atoms with Crippen molar-refractivity contribution >= 4 is 40.5 Å². The van der Waals surface area contributed by atoms with E-state index in [0.717, 1.165) is 11.3 Å². The molecule has 2 N–H and O–H groups in total. The summed E-state index contributed by atoms with van der Waals surface area (Å²) in [7, 11) is 0. The van der Waals surface area contributed by atoms with Gasteiger partial charge in [0, 0.05) is 10.7 Å². The molecule has 0 saturated heterocycles. The Kier molecular flexibility index (Phi) is 4.94. The van der Waals surface area contributed by atoms with Crippen molar-refractivity contribution in [3.63, 3.8) is 0 Å². The van der Waals surface area contributed by atoms with Gasteiger partial charge in [-0.05, 0) is 35.9 Å². The number of hydrogen-bond acceptors (Lipinski definition) is 2. The summed E-state index contributed by atoms with van der Waals surface area (Å²) in [6, 6.07) is 12.2. The Morgan fingerprint density at radius 3 is 2.32 bits per heavy atom. The second kappa shape index (κ2) is 6.49. The number of aliphatic hydroxyl groups excluding tert-OH is 1. The highest BCUT2D eigenvalue weighted by Gasteiger charge is 2.15. The molecule has 0 heterocycles. The Hall–Kier alpha value is -0.930. The topological polar surface area (TPSA) is 32.3 Å². The second-order valence-corrected chi connectivity index (χ2v) is 5.25. The van der Waals surface area contributed by atoms with Gasteiger partial charge in [0.05, 0.1) is 22.7 Å². The SMILES string of the molecule is OCC(Nc1ccc(Cl)cc1)c1cccc(Cl)c1Cl. The highest BCUT2D eigenvalue weighted by molar-refractivity contribution is 6.42. The molecule has 2 nitrogen and oxygen atoms in total. The Balaban J connectivity index is 2.25. The van der Waals surface area contributed by atoms with Crippen LogP contribution >= 0.6 is 34.8 Å². The highest BCUT2D eigenvalue weighted by atomic mass is 35.5. The average molecular weight is 317 g/mol. The monoisotopic (exact) mass is 315 g/mol. The van der Waals surface area contributed by atoms with Crippen LogP contribution in [0.1, 0.15) is 11.6 Å². The van der Waals surface area contributed by atoms with Gasteiger partial charge in [0.15, 0.2) is 0 Å². The summed E-state index contributed by atoms with van der Waals surface area (Å²) in [4.78, 5) is 0. The summed E-state index contributed by atoms with van der Waals surface area (Å²) >= 11 is 18.0. The van der Waals surface area contributed by atoms with E-state index in [0.29, 0.717) is 15.1 Å². The van der Waals surface area contributed by atoms with Gasteiger partial charge < -0.3 is 10.4 Å². The second-order valence-electron chi connectivity index (χ2n) is 4.03. The third kappa shape index (κ3) is 3.54. The maximum atomic E-state index is 9.52. The lowest BCUT2D eigenvalue weighted by molar-refractivity contribution is 0.276. The van der Waals surface area contributed by atoms with E-state index in [1.165, 1.54) is 0 Å². The third-order valence-corrected chi connectivity index (χ3v) is 3.81. The molecule has 0 aromatic heterocycles. The largest absolute Gasteiger partial charge is 0.394 e. The van der Waals surface area contributed by atoms with Crippen LogP contribution in [-0.4, -0.2) is 11.7 Å². The summed E-state index contributed by atoms with van der Waals surface area (Å²) in [5, 5.41) is 14.3. The zero-order chi connectivity index (χ0) is 13.8. The fourth-order valence-electron chi connectivity index (χ4n) is 1.76. The highest BCUT2D eigenvalue weighted by Crippen LogP contribution is 2.31. The molecule has 1 atom stereocenters. The van der Waals surface area contributed by atoms with E-state index in [9.17, 15) is 5.11 Å². The summed E-state index contributed by atoms with van der Waals surface area (Å²) in [5.41, 5.74) is 1.60. The number of nitrogens with one attached hydrogen (secondary N) is 1. The number of hydrogen-bond donors (Lipinski definition) is 2. The summed E-state index contributed by atoms with van der Waals surface area (Å²) in [6.45, 7) is -0.0946. The van der Waals surface area contributed by atoms with Gasteiger partial charge in [-0.3, -0.25) is 0 Å². The Labute approximate surface area is 126 Å². The first-order chi connectivity index (χ1) is 9.11. The first kappa shape index (κ1) is 14.5. The van der Waals surface area contributed by atoms with Crippen LogP contribution in [0.25, 0.3) is 0 Å². The summed E-state index contributed by atoms with van der Waals surface area (Å²) in [6.07, 6.45) is 0. The van der Waals surface area contributed by atoms with Gasteiger partial charge in [0.1, 0.15) is 0 Å². The van der Waals surface area contributed by atoms with Crippen molar-refractivity contribution in [3.05, 3.63) is 63.1 Å². The standard InChI is InChI=1S/C14H12Cl3NO/c15-9-4-6-10(7-5-9)18-13(8-19)11-2-1-3-12(16)14(11)17/h1-7,13,18-19H,8H2. The molecule has 0 spiro atoms. The molecule has 0 aliphatic carbocycles. The Morgan fingerprint density at radius 1 is 1.00 bits per heavy atom. The van der Waals surface area contributed by atoms with Crippen molar-refractivity contribution in [2.75, 3.05) is 11.9 Å². The molecule has 0 radical (unpaired) electrons. The summed E-state index contributed by atoms with van der Waals surface area (Å²) < 4.78 is 0. The number of anilines is 1. The quantitative estimate of drug-likeness (QED) is 0.850. The first-order valence-corrected chi connectivity index (χ1v) is 6.82. The van der Waals surface area contributed by atoms with Gasteiger partial charge in [0.25, 0.3) is 0 Å². The van der Waals surface area contributed by atoms with Crippen LogP contribution in [0, 0.1) is 0 Å². The lowest BCUT2D eigenvalue weighted by atomic mass is 10.1. The average Bonchev–Trinajstić information content (AvgIpc) is 2.42. The lowest BCUT2D eigenvalue weighted by Crippen LogP contribution is -2.15. The van der Waals surface area contributed by atoms with Gasteiger partial charge in [-0.2, -0.15) is 0 Å². The molecule has 2 aromatic rings. The molecule has 0 fully saturated rings. The van der Waals surface area contributed by atoms with E-state index in [1.807, 2.05) is 18.2 Å². The van der Waals surface area contributed by atoms with E-state index in [4.69, 9.17) is 34.8 Å². The molecule has 19 heavy (non-hydrogen) atoms. The number of aliphatic hydroxyl groups is 1. The molecule has 0 saturated carbocycles. The van der Waals surface area contributed by atoms with E-state index >= 15 is 0 Å². The lowest BCUT2D eigenvalue weighted by Gasteiger charge is -2.19. The van der Waals surface area contributed by atoms with Gasteiger partial charge in [-0.1, -0.05) is 46.9 Å². The smallest absolute Gasteiger partial charge is 0.0759 e. The fraction of sp³-hybridized carbons (Fsp3) is 0.143. The van der Waals surface area contributed by atoms with Crippen LogP contribution < -0.4 is 5.32 Å². The van der Waals surface area contributed by atoms with Crippen molar-refractivity contribution in [3.8, 4) is 0 Å². The minimum Gasteiger partial charge on any atom is -0.394 e. The van der Waals surface area contributed by atoms with E-state index in [-0.39, 0.29) is 12.6 Å². The van der Waals surface area contributed by atoms with Crippen LogP contribution in [0.4, 0.5) is 5.69 Å². The van der Waals surface area contributed by atoms with Gasteiger partial charge >= 0.3 is 0 Å². The minimum atomic E-state index is -0.327. The van der Waals surface area contributed by atoms with Crippen LogP contribution in [0.5, 0.6) is 0 Å². The van der Waals surface area contributed by atoms with Gasteiger partial charge in [-0.15, -0.1) is 0 Å². The van der Waals surface area contributed by atoms with Crippen LogP contribution in [-0.2, 0) is 0 Å². The van der Waals surface area contributed by atoms with Crippen LogP contribution in [0.2, 0.25) is 15.1 Å². The number of rotatable bonds is 4. The molecule has 2 aromatic carbocycles. The maximum absolute atomic E-state index is 9.52. The third-order valence-electron chi connectivity index (χ3n) is 2.72. The van der Waals surface area contributed by atoms with Crippen molar-refractivity contribution in [1.82, 2.24) is 0 Å². The zero-order valence-corrected chi connectivity index (χ0v) is 12.2. The van der Waals surface area contributed by atoms with Gasteiger partial charge in [0.2, 0.25) is 0 Å². The van der Waals surface area contributed by atoms with E-state index in [1.54, 1.807) is 24.3 Å². The van der Waals surface area contributed by atoms with Gasteiger partial charge in [-0.25, -0.2) is 0 Å². The Morgan fingerprint density at radius 2 is 1.68 bits per heavy atom. The predicted octanol–water partition coefficient (Wildman–Crippen LogP) is 4.79. The molecule has 0 bridgehead atoms. The zero-order valence-electron chi connectivity index (χ0n) is 9.91. The van der Waals surface area contributed by atoms with Crippen molar-refractivity contribution in [1.29, 1.82) is 0 Å². The predicted molar refractivity (Wildman–Crippen MR) is 81.4 cm³/mol. The number of benzene rings is 2. The van der Waals surface area contributed by atoms with Crippen LogP contribution in [0.15, 0.2) is 42.5 Å². The Bertz CT molecular complexity index is 557. The molecule has 1 unspecified atom stereocenters. The normalized spacial score (nSPS) is 12.2. The van der Waals surface area contributed by atoms with Crippen molar-refractivity contribution in [2.45, 2.75) is 6.04 Å². The first-order valence-electron chi connectivity index (χ1n) is 5.68. The molecule has 0 amide bonds. The van der Waals surface area contributed by atoms with Crippen molar-refractivity contribution < 1.29 is 5.11 Å². The van der Waals surface area contributed by atoms with Crippen LogP contribution in [0.3, 0.4) is 0 Å². The molecule has 2 rings (SSSR count). The molecule has 5 heteroatoms. The summed E-state index contributed by atoms with van der Waals surface area (Å²) in [5.74, 6) is 0.